The maximum Gasteiger partial charge on any atom is 0.251 e. The van der Waals surface area contributed by atoms with Crippen molar-refractivity contribution < 1.29 is 33.4 Å². The maximum absolute atomic E-state index is 13.5. The number of nitrogens with two attached hydrogens (primary N) is 1. The standard InChI is InChI=1S/C30H38N6O3.C19H24N6O3.C10H13NO/c1-34-17-19-35(20-18-34)30(38)28(32-29(37)23-7-11-25(12-8-23)36-16-15-31-33-36)6-4-3-5-24-21-27(24)22-9-13-26(39-2)14-10-22;1-23-10-12-24(13-11-23)19(28)17(3-2-14-26)21-18(27)15-4-6-16(7-5-15)25-9-8-20-22-25;1-12-8-4-2-7(3-5-8)9-6-10(9)11/h7-16,24,27-28H,3-6,17-21H2,1-2H3,(H,32,37);4-9,14,17H,2-3,10-13H2,1H3,(H,21,27);2-5,9-10H,6,11H2,1H3/t24-,27+,28+;17-;9-,10+/m100/s1. The summed E-state index contributed by atoms with van der Waals surface area (Å²) in [4.78, 5) is 70.9. The van der Waals surface area contributed by atoms with Crippen molar-refractivity contribution in [2.24, 2.45) is 11.7 Å². The summed E-state index contributed by atoms with van der Waals surface area (Å²) in [5.74, 6) is 3.03. The number of nitrogens with zero attached hydrogens (tertiary/aromatic N) is 10. The minimum atomic E-state index is -0.712. The number of amides is 4. The van der Waals surface area contributed by atoms with Gasteiger partial charge >= 0.3 is 0 Å². The van der Waals surface area contributed by atoms with Crippen molar-refractivity contribution in [2.45, 2.75) is 81.3 Å². The van der Waals surface area contributed by atoms with Crippen molar-refractivity contribution in [3.8, 4) is 22.9 Å². The third-order valence-electron chi connectivity index (χ3n) is 15.2. The molecule has 4 aliphatic rings. The SMILES string of the molecule is CN1CCN(C(=O)[C@H](CCC=O)NC(=O)c2ccc(-n3ccnn3)cc2)CC1.COc1ccc([C@@H]2C[C@H]2CCCC[C@H](NC(=O)c2ccc(-n3ccnn3)cc2)C(=O)N2CCN(C)CC2)cc1.COc1ccc([C@@H]2C[C@H]2N)cc1. The molecule has 20 nitrogen and oxygen atoms in total. The summed E-state index contributed by atoms with van der Waals surface area (Å²) in [6, 6.07) is 29.7. The molecule has 4 heterocycles. The quantitative estimate of drug-likeness (QED) is 0.0665. The highest BCUT2D eigenvalue weighted by molar-refractivity contribution is 5.98. The molecule has 79 heavy (non-hydrogen) atoms. The van der Waals surface area contributed by atoms with Crippen molar-refractivity contribution in [3.63, 3.8) is 0 Å². The molecule has 10 rings (SSSR count). The van der Waals surface area contributed by atoms with Crippen LogP contribution in [0.2, 0.25) is 0 Å². The van der Waals surface area contributed by atoms with Gasteiger partial charge in [0.2, 0.25) is 11.8 Å². The zero-order valence-electron chi connectivity index (χ0n) is 45.8. The first-order chi connectivity index (χ1) is 38.4. The second-order valence-corrected chi connectivity index (χ2v) is 20.8. The second-order valence-electron chi connectivity index (χ2n) is 20.8. The van der Waals surface area contributed by atoms with Gasteiger partial charge in [0, 0.05) is 81.9 Å². The summed E-state index contributed by atoms with van der Waals surface area (Å²) in [5.41, 5.74) is 11.0. The fraction of sp³-hybridized carbons (Fsp3) is 0.441. The molecule has 6 atom stereocenters. The number of piperazine rings is 2. The summed E-state index contributed by atoms with van der Waals surface area (Å²) in [6.45, 7) is 5.92. The number of aromatic nitrogens is 6. The van der Waals surface area contributed by atoms with Gasteiger partial charge in [0.25, 0.3) is 11.8 Å². The summed E-state index contributed by atoms with van der Waals surface area (Å²) in [7, 11) is 7.45. The van der Waals surface area contributed by atoms with Crippen LogP contribution in [0.15, 0.2) is 122 Å². The number of hydrogen-bond acceptors (Lipinski definition) is 14. The number of ether oxygens (including phenoxy) is 2. The number of aldehydes is 1. The van der Waals surface area contributed by atoms with Crippen molar-refractivity contribution in [2.75, 3.05) is 80.7 Å². The van der Waals surface area contributed by atoms with E-state index in [0.29, 0.717) is 67.5 Å². The Bertz CT molecular complexity index is 2850. The largest absolute Gasteiger partial charge is 0.497 e. The summed E-state index contributed by atoms with van der Waals surface area (Å²) in [6.07, 6.45) is 14.0. The number of unbranched alkanes of at least 4 members (excludes halogenated alkanes) is 1. The first-order valence-corrected chi connectivity index (χ1v) is 27.4. The lowest BCUT2D eigenvalue weighted by Gasteiger charge is -2.34. The molecule has 4 aromatic carbocycles. The highest BCUT2D eigenvalue weighted by Gasteiger charge is 2.38. The highest BCUT2D eigenvalue weighted by Crippen LogP contribution is 2.50. The number of methoxy groups -OCH3 is 2. The Morgan fingerprint density at radius 2 is 1.03 bits per heavy atom. The van der Waals surface area contributed by atoms with Crippen molar-refractivity contribution in [1.82, 2.24) is 60.2 Å². The van der Waals surface area contributed by atoms with E-state index in [-0.39, 0.29) is 36.5 Å². The van der Waals surface area contributed by atoms with Crippen LogP contribution >= 0.6 is 0 Å². The van der Waals surface area contributed by atoms with Crippen LogP contribution in [0, 0.1) is 5.92 Å². The van der Waals surface area contributed by atoms with E-state index >= 15 is 0 Å². The molecule has 2 aromatic heterocycles. The lowest BCUT2D eigenvalue weighted by molar-refractivity contribution is -0.135. The lowest BCUT2D eigenvalue weighted by Crippen LogP contribution is -2.54. The average molecular weight is 1080 g/mol. The van der Waals surface area contributed by atoms with E-state index in [1.807, 2.05) is 48.3 Å². The van der Waals surface area contributed by atoms with Crippen LogP contribution < -0.4 is 25.8 Å². The van der Waals surface area contributed by atoms with E-state index in [1.165, 1.54) is 17.5 Å². The second kappa shape index (κ2) is 28.2. The van der Waals surface area contributed by atoms with Gasteiger partial charge in [-0.1, -0.05) is 47.5 Å². The Balaban J connectivity index is 0.000000177. The molecule has 2 saturated carbocycles. The van der Waals surface area contributed by atoms with E-state index < -0.39 is 12.1 Å². The van der Waals surface area contributed by atoms with Crippen molar-refractivity contribution in [1.29, 1.82) is 0 Å². The van der Waals surface area contributed by atoms with Gasteiger partial charge in [-0.3, -0.25) is 19.2 Å². The molecule has 4 amide bonds. The molecule has 418 valence electrons. The number of carbonyl (C=O) groups is 5. The predicted octanol–water partition coefficient (Wildman–Crippen LogP) is 5.14. The Hall–Kier alpha value is -7.81. The van der Waals surface area contributed by atoms with E-state index in [0.717, 1.165) is 81.0 Å². The first kappa shape index (κ1) is 57.4. The average Bonchev–Trinajstić information content (AvgIpc) is 4.24. The number of benzene rings is 4. The summed E-state index contributed by atoms with van der Waals surface area (Å²) in [5, 5.41) is 21.3. The third kappa shape index (κ3) is 16.4. The Labute approximate surface area is 462 Å². The van der Waals surface area contributed by atoms with Crippen molar-refractivity contribution >= 4 is 29.9 Å². The van der Waals surface area contributed by atoms with Crippen LogP contribution in [0.1, 0.15) is 95.0 Å². The molecule has 4 N–H and O–H groups in total. The third-order valence-corrected chi connectivity index (χ3v) is 15.2. The fourth-order valence-corrected chi connectivity index (χ4v) is 9.98. The zero-order valence-corrected chi connectivity index (χ0v) is 45.8. The zero-order chi connectivity index (χ0) is 55.7. The minimum absolute atomic E-state index is 0.0261. The Morgan fingerprint density at radius 1 is 0.595 bits per heavy atom. The predicted molar refractivity (Wildman–Crippen MR) is 299 cm³/mol. The fourth-order valence-electron chi connectivity index (χ4n) is 9.98. The molecule has 2 aliphatic heterocycles. The smallest absolute Gasteiger partial charge is 0.251 e. The molecule has 2 aliphatic carbocycles. The van der Waals surface area contributed by atoms with E-state index in [1.54, 1.807) is 89.7 Å². The van der Waals surface area contributed by atoms with Crippen molar-refractivity contribution in [3.05, 3.63) is 144 Å². The van der Waals surface area contributed by atoms with Gasteiger partial charge in [0.1, 0.15) is 29.9 Å². The molecule has 0 unspecified atom stereocenters. The van der Waals surface area contributed by atoms with Gasteiger partial charge in [0.15, 0.2) is 0 Å². The first-order valence-electron chi connectivity index (χ1n) is 27.4. The molecule has 20 heteroatoms. The molecule has 0 radical (unpaired) electrons. The molecule has 0 bridgehead atoms. The molecule has 6 aromatic rings. The van der Waals surface area contributed by atoms with E-state index in [4.69, 9.17) is 15.2 Å². The molecule has 4 fully saturated rings. The van der Waals surface area contributed by atoms with E-state index in [9.17, 15) is 24.0 Å². The van der Waals surface area contributed by atoms with Crippen LogP contribution in [-0.2, 0) is 14.4 Å². The van der Waals surface area contributed by atoms with Crippen LogP contribution in [0.3, 0.4) is 0 Å². The minimum Gasteiger partial charge on any atom is -0.497 e. The Morgan fingerprint density at radius 3 is 1.42 bits per heavy atom. The van der Waals surface area contributed by atoms with E-state index in [2.05, 4.69) is 72.4 Å². The summed E-state index contributed by atoms with van der Waals surface area (Å²) >= 11 is 0. The van der Waals surface area contributed by atoms with Crippen LogP contribution in [0.4, 0.5) is 0 Å². The van der Waals surface area contributed by atoms with Gasteiger partial charge in [-0.15, -0.1) is 10.2 Å². The summed E-state index contributed by atoms with van der Waals surface area (Å²) < 4.78 is 13.6. The van der Waals surface area contributed by atoms with Gasteiger partial charge in [0.05, 0.1) is 50.4 Å². The van der Waals surface area contributed by atoms with Crippen LogP contribution in [-0.4, -0.2) is 178 Å². The normalized spacial score (nSPS) is 19.5. The topological polar surface area (TPSA) is 228 Å². The van der Waals surface area contributed by atoms with Crippen LogP contribution in [0.25, 0.3) is 11.4 Å². The maximum atomic E-state index is 13.5. The Kier molecular flexibility index (Phi) is 20.5. The molecular formula is C59H75N13O7. The number of carbonyl (C=O) groups excluding carboxylic acids is 5. The number of nitrogens with one attached hydrogen (secondary N) is 2. The van der Waals surface area contributed by atoms with Gasteiger partial charge in [-0.25, -0.2) is 9.36 Å². The molecular weight excluding hydrogens is 1000 g/mol. The number of rotatable bonds is 20. The van der Waals surface area contributed by atoms with Gasteiger partial charge in [-0.2, -0.15) is 0 Å². The number of hydrogen-bond donors (Lipinski definition) is 3. The lowest BCUT2D eigenvalue weighted by atomic mass is 10.0. The molecule has 2 saturated heterocycles. The van der Waals surface area contributed by atoms with Gasteiger partial charge in [-0.05, 0) is 142 Å². The molecule has 0 spiro atoms. The monoisotopic (exact) mass is 1080 g/mol. The van der Waals surface area contributed by atoms with Gasteiger partial charge < -0.3 is 50.2 Å². The highest BCUT2D eigenvalue weighted by atomic mass is 16.5. The van der Waals surface area contributed by atoms with Crippen LogP contribution in [0.5, 0.6) is 11.5 Å². The number of likely N-dealkylation sites (N-methyl/N-ethyl adjacent to an activating group) is 2.